The predicted molar refractivity (Wildman–Crippen MR) is 88.0 cm³/mol. The van der Waals surface area contributed by atoms with Gasteiger partial charge in [0.2, 0.25) is 5.91 Å². The maximum absolute atomic E-state index is 11.9. The van der Waals surface area contributed by atoms with E-state index in [9.17, 15) is 18.0 Å². The van der Waals surface area contributed by atoms with Crippen LogP contribution in [0.25, 0.3) is 0 Å². The molecule has 0 radical (unpaired) electrons. The first kappa shape index (κ1) is 17.7. The average Bonchev–Trinajstić information content (AvgIpc) is 2.99. The van der Waals surface area contributed by atoms with Gasteiger partial charge in [0.25, 0.3) is 0 Å². The Morgan fingerprint density at radius 3 is 2.83 bits per heavy atom. The highest BCUT2D eigenvalue weighted by Gasteiger charge is 2.29. The van der Waals surface area contributed by atoms with Crippen molar-refractivity contribution in [1.29, 1.82) is 0 Å². The van der Waals surface area contributed by atoms with Crippen LogP contribution in [-0.4, -0.2) is 38.7 Å². The van der Waals surface area contributed by atoms with E-state index in [2.05, 4.69) is 16.0 Å². The fourth-order valence-electron chi connectivity index (χ4n) is 2.29. The Balaban J connectivity index is 1.88. The van der Waals surface area contributed by atoms with Crippen LogP contribution in [0.5, 0.6) is 0 Å². The lowest BCUT2D eigenvalue weighted by molar-refractivity contribution is -0.125. The van der Waals surface area contributed by atoms with E-state index in [1.165, 1.54) is 0 Å². The molecule has 1 saturated heterocycles. The number of urea groups is 1. The number of piperidine rings is 1. The van der Waals surface area contributed by atoms with Gasteiger partial charge < -0.3 is 16.0 Å². The Kier molecular flexibility index (Phi) is 5.64. The van der Waals surface area contributed by atoms with Gasteiger partial charge in [0.15, 0.2) is 9.84 Å². The van der Waals surface area contributed by atoms with Crippen molar-refractivity contribution in [3.63, 3.8) is 0 Å². The van der Waals surface area contributed by atoms with E-state index in [1.54, 1.807) is 19.1 Å². The highest BCUT2D eigenvalue weighted by Crippen LogP contribution is 2.22. The fourth-order valence-corrected chi connectivity index (χ4v) is 4.71. The summed E-state index contributed by atoms with van der Waals surface area (Å²) in [5.41, 5.74) is 0. The lowest BCUT2D eigenvalue weighted by Gasteiger charge is -2.28. The van der Waals surface area contributed by atoms with Gasteiger partial charge in [-0.2, -0.15) is 0 Å². The molecule has 0 spiro atoms. The second-order valence-electron chi connectivity index (χ2n) is 5.49. The molecule has 2 atom stereocenters. The van der Waals surface area contributed by atoms with E-state index in [0.29, 0.717) is 10.8 Å². The number of amides is 3. The van der Waals surface area contributed by atoms with Gasteiger partial charge in [-0.3, -0.25) is 4.79 Å². The van der Waals surface area contributed by atoms with Crippen LogP contribution in [0.2, 0.25) is 0 Å². The minimum atomic E-state index is -3.22. The molecule has 9 heteroatoms. The largest absolute Gasteiger partial charge is 0.354 e. The zero-order valence-corrected chi connectivity index (χ0v) is 14.7. The van der Waals surface area contributed by atoms with Crippen LogP contribution in [0.3, 0.4) is 0 Å². The zero-order chi connectivity index (χ0) is 17.0. The number of carbonyl (C=O) groups excluding carboxylic acids is 2. The summed E-state index contributed by atoms with van der Waals surface area (Å²) < 4.78 is 23.8. The number of nitrogens with one attached hydrogen (secondary N) is 3. The molecule has 23 heavy (non-hydrogen) atoms. The molecule has 0 aliphatic carbocycles. The summed E-state index contributed by atoms with van der Waals surface area (Å²) in [6, 6.07) is 2.26. The first-order valence-electron chi connectivity index (χ1n) is 7.47. The van der Waals surface area contributed by atoms with Gasteiger partial charge >= 0.3 is 6.03 Å². The van der Waals surface area contributed by atoms with Crippen LogP contribution in [-0.2, 0) is 21.2 Å². The number of sulfone groups is 1. The molecule has 0 saturated carbocycles. The minimum Gasteiger partial charge on any atom is -0.354 e. The number of hydrogen-bond donors (Lipinski definition) is 3. The molecule has 0 aromatic carbocycles. The maximum atomic E-state index is 11.9. The number of hydrogen-bond acceptors (Lipinski definition) is 5. The second-order valence-corrected chi connectivity index (χ2v) is 9.16. The molecule has 1 aliphatic heterocycles. The second kappa shape index (κ2) is 7.31. The summed E-state index contributed by atoms with van der Waals surface area (Å²) in [6.45, 7) is 4.36. The van der Waals surface area contributed by atoms with Gasteiger partial charge in [-0.1, -0.05) is 13.8 Å². The van der Waals surface area contributed by atoms with Crippen molar-refractivity contribution >= 4 is 33.1 Å². The lowest BCUT2D eigenvalue weighted by Crippen LogP contribution is -2.56. The van der Waals surface area contributed by atoms with Crippen molar-refractivity contribution in [3.05, 3.63) is 17.0 Å². The molecule has 2 heterocycles. The molecule has 2 unspecified atom stereocenters. The third-order valence-corrected chi connectivity index (χ3v) is 7.18. The molecular formula is C14H21N3O4S2. The Labute approximate surface area is 139 Å². The van der Waals surface area contributed by atoms with Crippen molar-refractivity contribution in [2.45, 2.75) is 37.1 Å². The fraction of sp³-hybridized carbons (Fsp3) is 0.571. The topological polar surface area (TPSA) is 104 Å². The third kappa shape index (κ3) is 4.44. The van der Waals surface area contributed by atoms with E-state index in [0.717, 1.165) is 22.6 Å². The van der Waals surface area contributed by atoms with E-state index >= 15 is 0 Å². The van der Waals surface area contributed by atoms with E-state index < -0.39 is 21.9 Å². The van der Waals surface area contributed by atoms with Gasteiger partial charge in [0.05, 0.1) is 12.3 Å². The molecule has 1 aromatic rings. The van der Waals surface area contributed by atoms with Crippen molar-refractivity contribution in [2.24, 2.45) is 5.92 Å². The Bertz CT molecular complexity index is 684. The summed E-state index contributed by atoms with van der Waals surface area (Å²) in [7, 11) is -3.22. The van der Waals surface area contributed by atoms with Gasteiger partial charge in [0.1, 0.15) is 10.3 Å². The van der Waals surface area contributed by atoms with Gasteiger partial charge in [-0.05, 0) is 24.5 Å². The first-order chi connectivity index (χ1) is 10.8. The monoisotopic (exact) mass is 359 g/mol. The third-order valence-electron chi connectivity index (χ3n) is 3.78. The maximum Gasteiger partial charge on any atom is 0.315 e. The molecule has 1 aliphatic rings. The number of rotatable bonds is 5. The van der Waals surface area contributed by atoms with Crippen LogP contribution in [0.4, 0.5) is 4.79 Å². The minimum absolute atomic E-state index is 0.0511. The summed E-state index contributed by atoms with van der Waals surface area (Å²) in [4.78, 5) is 24.4. The molecule has 1 fully saturated rings. The summed E-state index contributed by atoms with van der Waals surface area (Å²) in [6.07, 6.45) is 0.819. The normalized spacial score (nSPS) is 21.6. The summed E-state index contributed by atoms with van der Waals surface area (Å²) >= 11 is 1.14. The summed E-state index contributed by atoms with van der Waals surface area (Å²) in [5, 5.41) is 8.04. The molecule has 1 aromatic heterocycles. The van der Waals surface area contributed by atoms with Crippen LogP contribution in [0, 0.1) is 5.92 Å². The molecule has 3 N–H and O–H groups in total. The van der Waals surface area contributed by atoms with Gasteiger partial charge in [-0.15, -0.1) is 11.3 Å². The zero-order valence-electron chi connectivity index (χ0n) is 13.1. The predicted octanol–water partition coefficient (Wildman–Crippen LogP) is 0.865. The van der Waals surface area contributed by atoms with Crippen LogP contribution < -0.4 is 16.0 Å². The number of thiophene rings is 1. The highest BCUT2D eigenvalue weighted by atomic mass is 32.2. The van der Waals surface area contributed by atoms with Gasteiger partial charge in [-0.25, -0.2) is 13.2 Å². The SMILES string of the molecule is CCS(=O)(=O)c1ccc(CNC(=O)NC2C(=O)NCCC2C)s1. The highest BCUT2D eigenvalue weighted by molar-refractivity contribution is 7.93. The van der Waals surface area contributed by atoms with E-state index in [4.69, 9.17) is 0 Å². The van der Waals surface area contributed by atoms with Crippen molar-refractivity contribution in [3.8, 4) is 0 Å². The van der Waals surface area contributed by atoms with Crippen LogP contribution >= 0.6 is 11.3 Å². The molecule has 3 amide bonds. The quantitative estimate of drug-likeness (QED) is 0.725. The molecule has 128 valence electrons. The lowest BCUT2D eigenvalue weighted by atomic mass is 9.94. The van der Waals surface area contributed by atoms with Crippen LogP contribution in [0.15, 0.2) is 16.3 Å². The average molecular weight is 359 g/mol. The van der Waals surface area contributed by atoms with Crippen LogP contribution in [0.1, 0.15) is 25.1 Å². The molecular weight excluding hydrogens is 338 g/mol. The molecule has 7 nitrogen and oxygen atoms in total. The van der Waals surface area contributed by atoms with Crippen molar-refractivity contribution < 1.29 is 18.0 Å². The summed E-state index contributed by atoms with van der Waals surface area (Å²) in [5.74, 6) is -0.0425. The molecule has 0 bridgehead atoms. The smallest absolute Gasteiger partial charge is 0.315 e. The Hall–Kier alpha value is -1.61. The van der Waals surface area contributed by atoms with E-state index in [-0.39, 0.29) is 24.1 Å². The Morgan fingerprint density at radius 1 is 1.43 bits per heavy atom. The van der Waals surface area contributed by atoms with Gasteiger partial charge in [0, 0.05) is 11.4 Å². The van der Waals surface area contributed by atoms with Crippen molar-refractivity contribution in [1.82, 2.24) is 16.0 Å². The first-order valence-corrected chi connectivity index (χ1v) is 9.94. The molecule has 2 rings (SSSR count). The Morgan fingerprint density at radius 2 is 2.17 bits per heavy atom. The van der Waals surface area contributed by atoms with Crippen molar-refractivity contribution in [2.75, 3.05) is 12.3 Å². The number of carbonyl (C=O) groups is 2. The van der Waals surface area contributed by atoms with E-state index in [1.807, 2.05) is 6.92 Å². The standard InChI is InChI=1S/C14H21N3O4S2/c1-3-23(20,21)11-5-4-10(22-11)8-16-14(19)17-12-9(2)6-7-15-13(12)18/h4-5,9,12H,3,6-8H2,1-2H3,(H,15,18)(H2,16,17,19).